The molecule has 5 rings (SSSR count). The maximum absolute atomic E-state index is 6.10. The summed E-state index contributed by atoms with van der Waals surface area (Å²) in [6, 6.07) is 21.6. The van der Waals surface area contributed by atoms with Crippen LogP contribution >= 0.6 is 11.3 Å². The summed E-state index contributed by atoms with van der Waals surface area (Å²) in [7, 11) is 1.66. The van der Waals surface area contributed by atoms with Crippen molar-refractivity contribution in [3.05, 3.63) is 88.9 Å². The number of ether oxygens (including phenoxy) is 1. The van der Waals surface area contributed by atoms with E-state index < -0.39 is 0 Å². The first-order valence-electron chi connectivity index (χ1n) is 9.18. The van der Waals surface area contributed by atoms with Crippen molar-refractivity contribution in [1.82, 2.24) is 4.57 Å². The Balaban J connectivity index is 1.63. The van der Waals surface area contributed by atoms with Crippen molar-refractivity contribution in [2.45, 2.75) is 6.54 Å². The number of aromatic nitrogens is 1. The lowest BCUT2D eigenvalue weighted by molar-refractivity contribution is 0.415. The smallest absolute Gasteiger partial charge is 0.190 e. The molecule has 0 N–H and O–H groups in total. The van der Waals surface area contributed by atoms with E-state index in [1.807, 2.05) is 60.7 Å². The molecule has 5 aromatic rings. The van der Waals surface area contributed by atoms with Crippen molar-refractivity contribution in [2.75, 3.05) is 7.11 Å². The summed E-state index contributed by atoms with van der Waals surface area (Å²) in [5.41, 5.74) is 2.69. The number of nitrogens with zero attached hydrogens (tertiary/aromatic N) is 2. The summed E-state index contributed by atoms with van der Waals surface area (Å²) in [5.74, 6) is 2.48. The number of thiazole rings is 1. The highest BCUT2D eigenvalue weighted by atomic mass is 32.1. The second kappa shape index (κ2) is 7.48. The number of furan rings is 2. The Kier molecular flexibility index (Phi) is 4.54. The zero-order valence-corrected chi connectivity index (χ0v) is 16.6. The summed E-state index contributed by atoms with van der Waals surface area (Å²) in [5, 5.41) is 3.15. The average Bonchev–Trinajstić information content (AvgIpc) is 3.49. The third-order valence-electron chi connectivity index (χ3n) is 4.67. The molecule has 0 bridgehead atoms. The van der Waals surface area contributed by atoms with Crippen LogP contribution in [0, 0.1) is 0 Å². The van der Waals surface area contributed by atoms with Crippen LogP contribution in [-0.2, 0) is 6.54 Å². The van der Waals surface area contributed by atoms with Gasteiger partial charge in [-0.3, -0.25) is 0 Å². The minimum absolute atomic E-state index is 0.567. The maximum atomic E-state index is 6.10. The molecule has 0 spiro atoms. The fourth-order valence-corrected chi connectivity index (χ4v) is 4.11. The number of fused-ring (bicyclic) bond motifs is 1. The van der Waals surface area contributed by atoms with Crippen molar-refractivity contribution in [1.29, 1.82) is 0 Å². The number of hydrogen-bond acceptors (Lipinski definition) is 5. The molecule has 2 aromatic carbocycles. The molecule has 0 saturated carbocycles. The van der Waals surface area contributed by atoms with E-state index in [0.29, 0.717) is 6.54 Å². The van der Waals surface area contributed by atoms with Gasteiger partial charge in [0.25, 0.3) is 0 Å². The minimum atomic E-state index is 0.567. The van der Waals surface area contributed by atoms with Crippen LogP contribution in [0.2, 0.25) is 0 Å². The van der Waals surface area contributed by atoms with E-state index in [1.54, 1.807) is 24.7 Å². The molecule has 6 heteroatoms. The van der Waals surface area contributed by atoms with Crippen LogP contribution in [-0.4, -0.2) is 11.7 Å². The van der Waals surface area contributed by atoms with Crippen LogP contribution in [0.15, 0.2) is 92.2 Å². The number of para-hydroxylation sites is 1. The van der Waals surface area contributed by atoms with Gasteiger partial charge in [0.2, 0.25) is 0 Å². The molecule has 0 radical (unpaired) electrons. The molecule has 0 atom stereocenters. The van der Waals surface area contributed by atoms with E-state index in [4.69, 9.17) is 18.6 Å². The molecule has 0 aliphatic carbocycles. The van der Waals surface area contributed by atoms with Crippen molar-refractivity contribution < 1.29 is 13.6 Å². The second-order valence-electron chi connectivity index (χ2n) is 6.53. The van der Waals surface area contributed by atoms with E-state index in [-0.39, 0.29) is 0 Å². The number of methoxy groups -OCH3 is 1. The normalized spacial score (nSPS) is 12.0. The van der Waals surface area contributed by atoms with Crippen molar-refractivity contribution in [2.24, 2.45) is 4.99 Å². The molecule has 0 aliphatic rings. The Morgan fingerprint density at radius 3 is 2.66 bits per heavy atom. The minimum Gasteiger partial charge on any atom is -0.497 e. The quantitative estimate of drug-likeness (QED) is 0.371. The lowest BCUT2D eigenvalue weighted by Crippen LogP contribution is -2.16. The lowest BCUT2D eigenvalue weighted by atomic mass is 10.2. The van der Waals surface area contributed by atoms with Gasteiger partial charge in [-0.05, 0) is 48.5 Å². The largest absolute Gasteiger partial charge is 0.497 e. The topological polar surface area (TPSA) is 52.8 Å². The van der Waals surface area contributed by atoms with Gasteiger partial charge in [0.1, 0.15) is 17.1 Å². The van der Waals surface area contributed by atoms with Crippen LogP contribution in [0.3, 0.4) is 0 Å². The molecule has 3 aromatic heterocycles. The SMILES string of the molecule is COc1ccc(N=c2scc(-c3cc4ccccc4o3)n2Cc2ccco2)cc1. The molecular weight excluding hydrogens is 384 g/mol. The van der Waals surface area contributed by atoms with Crippen LogP contribution < -0.4 is 9.54 Å². The molecule has 0 unspecified atom stereocenters. The van der Waals surface area contributed by atoms with Gasteiger partial charge in [0.05, 0.1) is 31.3 Å². The molecule has 144 valence electrons. The molecule has 0 aliphatic heterocycles. The van der Waals surface area contributed by atoms with E-state index in [0.717, 1.165) is 44.4 Å². The Labute approximate surface area is 171 Å². The van der Waals surface area contributed by atoms with Crippen LogP contribution in [0.5, 0.6) is 5.75 Å². The highest BCUT2D eigenvalue weighted by Crippen LogP contribution is 2.29. The average molecular weight is 402 g/mol. The maximum Gasteiger partial charge on any atom is 0.190 e. The predicted molar refractivity (Wildman–Crippen MR) is 114 cm³/mol. The van der Waals surface area contributed by atoms with E-state index in [2.05, 4.69) is 16.0 Å². The van der Waals surface area contributed by atoms with Crippen LogP contribution in [0.4, 0.5) is 5.69 Å². The Morgan fingerprint density at radius 1 is 1.03 bits per heavy atom. The molecular formula is C23H18N2O3S. The van der Waals surface area contributed by atoms with Crippen molar-refractivity contribution >= 4 is 28.0 Å². The van der Waals surface area contributed by atoms with Gasteiger partial charge in [0.15, 0.2) is 10.6 Å². The standard InChI is InChI=1S/C23H18N2O3S/c1-26-18-10-8-17(9-11-18)24-23-25(14-19-6-4-12-27-19)20(15-29-23)22-13-16-5-2-3-7-21(16)28-22/h2-13,15H,14H2,1H3. The molecule has 0 amide bonds. The molecule has 3 heterocycles. The zero-order chi connectivity index (χ0) is 19.6. The van der Waals surface area contributed by atoms with Gasteiger partial charge in [-0.15, -0.1) is 11.3 Å². The van der Waals surface area contributed by atoms with Gasteiger partial charge in [-0.2, -0.15) is 0 Å². The Bertz CT molecular complexity index is 1280. The number of benzene rings is 2. The number of rotatable bonds is 5. The first-order valence-corrected chi connectivity index (χ1v) is 10.1. The molecule has 5 nitrogen and oxygen atoms in total. The third-order valence-corrected chi connectivity index (χ3v) is 5.53. The van der Waals surface area contributed by atoms with Gasteiger partial charge in [0, 0.05) is 10.8 Å². The van der Waals surface area contributed by atoms with E-state index in [9.17, 15) is 0 Å². The summed E-state index contributed by atoms with van der Waals surface area (Å²) in [6.07, 6.45) is 1.68. The van der Waals surface area contributed by atoms with Crippen molar-refractivity contribution in [3.63, 3.8) is 0 Å². The summed E-state index contributed by atoms with van der Waals surface area (Å²) >= 11 is 1.57. The van der Waals surface area contributed by atoms with Gasteiger partial charge in [-0.1, -0.05) is 18.2 Å². The fourth-order valence-electron chi connectivity index (χ4n) is 3.20. The summed E-state index contributed by atoms with van der Waals surface area (Å²) < 4.78 is 19.0. The molecule has 29 heavy (non-hydrogen) atoms. The van der Waals surface area contributed by atoms with Gasteiger partial charge < -0.3 is 18.1 Å². The van der Waals surface area contributed by atoms with Crippen molar-refractivity contribution in [3.8, 4) is 17.2 Å². The fraction of sp³-hybridized carbons (Fsp3) is 0.0870. The van der Waals surface area contributed by atoms with Gasteiger partial charge in [-0.25, -0.2) is 4.99 Å². The lowest BCUT2D eigenvalue weighted by Gasteiger charge is -2.05. The molecule has 0 fully saturated rings. The molecule has 0 saturated heterocycles. The van der Waals surface area contributed by atoms with Gasteiger partial charge >= 0.3 is 0 Å². The summed E-state index contributed by atoms with van der Waals surface area (Å²) in [6.45, 7) is 0.567. The second-order valence-corrected chi connectivity index (χ2v) is 7.36. The first-order chi connectivity index (χ1) is 14.3. The predicted octanol–water partition coefficient (Wildman–Crippen LogP) is 5.85. The zero-order valence-electron chi connectivity index (χ0n) is 15.7. The van der Waals surface area contributed by atoms with E-state index in [1.165, 1.54) is 0 Å². The van der Waals surface area contributed by atoms with E-state index >= 15 is 0 Å². The Hall–Kier alpha value is -3.51. The highest BCUT2D eigenvalue weighted by molar-refractivity contribution is 7.07. The first kappa shape index (κ1) is 17.6. The third kappa shape index (κ3) is 3.50. The monoisotopic (exact) mass is 402 g/mol. The van der Waals surface area contributed by atoms with Crippen LogP contribution in [0.25, 0.3) is 22.4 Å². The summed E-state index contributed by atoms with van der Waals surface area (Å²) in [4.78, 5) is 5.70. The number of hydrogen-bond donors (Lipinski definition) is 0. The highest BCUT2D eigenvalue weighted by Gasteiger charge is 2.14. The van der Waals surface area contributed by atoms with Crippen LogP contribution in [0.1, 0.15) is 5.76 Å². The Morgan fingerprint density at radius 2 is 1.90 bits per heavy atom.